The fourth-order valence-electron chi connectivity index (χ4n) is 3.87. The number of hydrogen-bond donors (Lipinski definition) is 2. The van der Waals surface area contributed by atoms with Crippen LogP contribution < -0.4 is 10.6 Å². The second-order valence-electron chi connectivity index (χ2n) is 13.4. The zero-order valence-electron chi connectivity index (χ0n) is 24.6. The molecular weight excluding hydrogens is 452 g/mol. The Hall–Kier alpha value is -2.24. The number of alkyl carbamates (subject to hydrolysis) is 2. The maximum absolute atomic E-state index is 12.4. The van der Waals surface area contributed by atoms with Gasteiger partial charge in [0.05, 0.1) is 24.3 Å². The first-order valence-electron chi connectivity index (χ1n) is 13.4. The molecule has 0 atom stereocenters. The molecule has 6 heteroatoms. The summed E-state index contributed by atoms with van der Waals surface area (Å²) in [6.07, 6.45) is 5.13. The molecule has 0 aromatic heterocycles. The largest absolute Gasteiger partial charge is 0.450 e. The maximum Gasteiger partial charge on any atom is 0.407 e. The van der Waals surface area contributed by atoms with Gasteiger partial charge in [-0.3, -0.25) is 0 Å². The van der Waals surface area contributed by atoms with Crippen molar-refractivity contribution >= 4 is 12.2 Å². The van der Waals surface area contributed by atoms with Gasteiger partial charge in [0.1, 0.15) is 0 Å². The Bertz CT molecular complexity index is 767. The Labute approximate surface area is 220 Å². The van der Waals surface area contributed by atoms with Crippen LogP contribution in [0.1, 0.15) is 119 Å². The minimum atomic E-state index is -0.637. The standard InChI is InChI=1S/C30H52N2O4/c1-27(2,3)18-11-13-20-35-25(33)31-29(7,8)23-16-15-17-24(22-23)30(9,10)32-26(34)36-21-14-12-19-28(4,5)6/h15-17,22H,11-14,18-21H2,1-10H3,(H,31,33)(H,32,34). The van der Waals surface area contributed by atoms with Crippen molar-refractivity contribution in [3.63, 3.8) is 0 Å². The van der Waals surface area contributed by atoms with E-state index < -0.39 is 23.3 Å². The van der Waals surface area contributed by atoms with Crippen LogP contribution in [0.5, 0.6) is 0 Å². The van der Waals surface area contributed by atoms with Crippen LogP contribution >= 0.6 is 0 Å². The van der Waals surface area contributed by atoms with Gasteiger partial charge in [-0.05, 0) is 88.2 Å². The summed E-state index contributed by atoms with van der Waals surface area (Å²) < 4.78 is 10.8. The molecule has 0 saturated heterocycles. The molecule has 1 aromatic rings. The highest BCUT2D eigenvalue weighted by Crippen LogP contribution is 2.27. The lowest BCUT2D eigenvalue weighted by Gasteiger charge is -2.30. The molecule has 0 aliphatic heterocycles. The first kappa shape index (κ1) is 31.8. The highest BCUT2D eigenvalue weighted by atomic mass is 16.6. The van der Waals surface area contributed by atoms with Crippen LogP contribution in [0, 0.1) is 10.8 Å². The van der Waals surface area contributed by atoms with Crippen LogP contribution in [0.25, 0.3) is 0 Å². The molecule has 206 valence electrons. The predicted molar refractivity (Wildman–Crippen MR) is 148 cm³/mol. The summed E-state index contributed by atoms with van der Waals surface area (Å²) in [5.41, 5.74) is 1.16. The van der Waals surface area contributed by atoms with Gasteiger partial charge in [0.25, 0.3) is 0 Å². The average molecular weight is 505 g/mol. The molecule has 1 rings (SSSR count). The molecule has 0 spiro atoms. The second-order valence-corrected chi connectivity index (χ2v) is 13.4. The average Bonchev–Trinajstić information content (AvgIpc) is 2.71. The van der Waals surface area contributed by atoms with E-state index in [9.17, 15) is 9.59 Å². The number of amides is 2. The van der Waals surface area contributed by atoms with Crippen molar-refractivity contribution in [2.24, 2.45) is 10.8 Å². The molecule has 0 saturated carbocycles. The third-order valence-electron chi connectivity index (χ3n) is 6.24. The zero-order chi connectivity index (χ0) is 27.6. The van der Waals surface area contributed by atoms with Crippen LogP contribution in [-0.2, 0) is 20.6 Å². The molecule has 2 amide bonds. The van der Waals surface area contributed by atoms with Crippen molar-refractivity contribution in [2.75, 3.05) is 13.2 Å². The van der Waals surface area contributed by atoms with Crippen molar-refractivity contribution in [2.45, 2.75) is 119 Å². The highest BCUT2D eigenvalue weighted by molar-refractivity contribution is 5.69. The Morgan fingerprint density at radius 3 is 1.33 bits per heavy atom. The lowest BCUT2D eigenvalue weighted by molar-refractivity contribution is 0.132. The summed E-state index contributed by atoms with van der Waals surface area (Å²) in [6, 6.07) is 7.88. The summed E-state index contributed by atoms with van der Waals surface area (Å²) >= 11 is 0. The number of benzene rings is 1. The number of rotatable bonds is 12. The zero-order valence-corrected chi connectivity index (χ0v) is 24.6. The van der Waals surface area contributed by atoms with Gasteiger partial charge in [0, 0.05) is 0 Å². The van der Waals surface area contributed by atoms with Crippen molar-refractivity contribution in [3.05, 3.63) is 35.4 Å². The molecule has 0 fully saturated rings. The summed E-state index contributed by atoms with van der Waals surface area (Å²) in [7, 11) is 0. The van der Waals surface area contributed by atoms with Gasteiger partial charge in [-0.25, -0.2) is 9.59 Å². The van der Waals surface area contributed by atoms with Crippen LogP contribution in [0.3, 0.4) is 0 Å². The van der Waals surface area contributed by atoms with Crippen LogP contribution in [0.4, 0.5) is 9.59 Å². The van der Waals surface area contributed by atoms with Crippen LogP contribution in [0.15, 0.2) is 24.3 Å². The maximum atomic E-state index is 12.4. The van der Waals surface area contributed by atoms with Gasteiger partial charge in [-0.1, -0.05) is 65.8 Å². The molecule has 2 N–H and O–H groups in total. The molecule has 0 heterocycles. The molecule has 0 aliphatic carbocycles. The fraction of sp³-hybridized carbons (Fsp3) is 0.733. The van der Waals surface area contributed by atoms with E-state index in [1.807, 2.05) is 52.0 Å². The lowest BCUT2D eigenvalue weighted by Crippen LogP contribution is -2.43. The fourth-order valence-corrected chi connectivity index (χ4v) is 3.87. The van der Waals surface area contributed by atoms with Gasteiger partial charge in [0.15, 0.2) is 0 Å². The number of carbonyl (C=O) groups is 2. The van der Waals surface area contributed by atoms with Gasteiger partial charge in [0.2, 0.25) is 0 Å². The normalized spacial score (nSPS) is 12.7. The molecule has 0 unspecified atom stereocenters. The van der Waals surface area contributed by atoms with E-state index in [4.69, 9.17) is 9.47 Å². The third-order valence-corrected chi connectivity index (χ3v) is 6.24. The van der Waals surface area contributed by atoms with E-state index in [2.05, 4.69) is 52.2 Å². The molecule has 0 radical (unpaired) electrons. The minimum Gasteiger partial charge on any atom is -0.450 e. The van der Waals surface area contributed by atoms with E-state index in [1.165, 1.54) is 0 Å². The van der Waals surface area contributed by atoms with Crippen molar-refractivity contribution in [1.29, 1.82) is 0 Å². The molecule has 0 aliphatic rings. The minimum absolute atomic E-state index is 0.292. The predicted octanol–water partition coefficient (Wildman–Crippen LogP) is 8.04. The van der Waals surface area contributed by atoms with Gasteiger partial charge < -0.3 is 20.1 Å². The summed E-state index contributed by atoms with van der Waals surface area (Å²) in [5.74, 6) is 0. The van der Waals surface area contributed by atoms with Crippen LogP contribution in [0.2, 0.25) is 0 Å². The number of ether oxygens (including phenoxy) is 2. The van der Waals surface area contributed by atoms with Crippen molar-refractivity contribution in [1.82, 2.24) is 10.6 Å². The quantitative estimate of drug-likeness (QED) is 0.282. The molecular formula is C30H52N2O4. The Kier molecular flexibility index (Phi) is 11.8. The van der Waals surface area contributed by atoms with E-state index in [0.29, 0.717) is 24.0 Å². The number of hydrogen-bond acceptors (Lipinski definition) is 4. The van der Waals surface area contributed by atoms with E-state index >= 15 is 0 Å². The Morgan fingerprint density at radius 2 is 1.00 bits per heavy atom. The molecule has 1 aromatic carbocycles. The van der Waals surface area contributed by atoms with E-state index in [0.717, 1.165) is 49.7 Å². The first-order chi connectivity index (χ1) is 16.4. The van der Waals surface area contributed by atoms with Crippen molar-refractivity contribution < 1.29 is 19.1 Å². The summed E-state index contributed by atoms with van der Waals surface area (Å²) in [6.45, 7) is 21.9. The highest BCUT2D eigenvalue weighted by Gasteiger charge is 2.28. The van der Waals surface area contributed by atoms with Gasteiger partial charge in [-0.15, -0.1) is 0 Å². The second kappa shape index (κ2) is 13.3. The first-order valence-corrected chi connectivity index (χ1v) is 13.4. The Morgan fingerprint density at radius 1 is 0.639 bits per heavy atom. The topological polar surface area (TPSA) is 76.7 Å². The van der Waals surface area contributed by atoms with Crippen LogP contribution in [-0.4, -0.2) is 25.4 Å². The third kappa shape index (κ3) is 13.2. The van der Waals surface area contributed by atoms with Gasteiger partial charge in [-0.2, -0.15) is 0 Å². The number of carbonyl (C=O) groups excluding carboxylic acids is 2. The number of unbranched alkanes of at least 4 members (excludes halogenated alkanes) is 2. The molecule has 36 heavy (non-hydrogen) atoms. The van der Waals surface area contributed by atoms with Gasteiger partial charge >= 0.3 is 12.2 Å². The van der Waals surface area contributed by atoms with Crippen molar-refractivity contribution in [3.8, 4) is 0 Å². The molecule has 0 bridgehead atoms. The summed E-state index contributed by atoms with van der Waals surface area (Å²) in [5, 5.41) is 5.95. The molecule has 6 nitrogen and oxygen atoms in total. The van der Waals surface area contributed by atoms with E-state index in [1.54, 1.807) is 0 Å². The summed E-state index contributed by atoms with van der Waals surface area (Å²) in [4.78, 5) is 24.8. The lowest BCUT2D eigenvalue weighted by atomic mass is 9.87. The SMILES string of the molecule is CC(C)(C)CCCCOC(=O)NC(C)(C)c1cccc(C(C)(C)NC(=O)OCCCCC(C)(C)C)c1. The smallest absolute Gasteiger partial charge is 0.407 e. The van der Waals surface area contributed by atoms with E-state index in [-0.39, 0.29) is 0 Å². The Balaban J connectivity index is 2.62. The monoisotopic (exact) mass is 504 g/mol. The number of nitrogens with one attached hydrogen (secondary N) is 2.